The third kappa shape index (κ3) is 4.89. The van der Waals surface area contributed by atoms with E-state index in [1.807, 2.05) is 24.3 Å². The van der Waals surface area contributed by atoms with Crippen molar-refractivity contribution in [2.45, 2.75) is 19.0 Å². The second kappa shape index (κ2) is 8.73. The van der Waals surface area contributed by atoms with E-state index < -0.39 is 5.91 Å². The van der Waals surface area contributed by atoms with Crippen molar-refractivity contribution < 1.29 is 4.79 Å². The number of benzene rings is 1. The largest absolute Gasteiger partial charge is 0.366 e. The summed E-state index contributed by atoms with van der Waals surface area (Å²) < 4.78 is 0. The number of primary amides is 1. The summed E-state index contributed by atoms with van der Waals surface area (Å²) in [5.74, 6) is 1.09. The molecular weight excluding hydrogens is 364 g/mol. The molecule has 1 aromatic heterocycles. The fraction of sp³-hybridized carbons (Fsp3) is 0.316. The molecular formula is C19H23ClN6O. The van der Waals surface area contributed by atoms with E-state index in [0.29, 0.717) is 23.1 Å². The summed E-state index contributed by atoms with van der Waals surface area (Å²) in [6.07, 6.45) is 2.72. The van der Waals surface area contributed by atoms with Crippen molar-refractivity contribution in [3.05, 3.63) is 58.7 Å². The molecule has 142 valence electrons. The predicted molar refractivity (Wildman–Crippen MR) is 108 cm³/mol. The Morgan fingerprint density at radius 2 is 2.26 bits per heavy atom. The quantitative estimate of drug-likeness (QED) is 0.537. The molecule has 7 nitrogen and oxygen atoms in total. The molecule has 4 N–H and O–H groups in total. The Bertz CT molecular complexity index is 840. The minimum atomic E-state index is -0.432. The van der Waals surface area contributed by atoms with Crippen LogP contribution in [-0.4, -0.2) is 43.0 Å². The summed E-state index contributed by atoms with van der Waals surface area (Å²) in [5.41, 5.74) is 6.79. The van der Waals surface area contributed by atoms with Gasteiger partial charge >= 0.3 is 0 Å². The van der Waals surface area contributed by atoms with E-state index in [9.17, 15) is 4.79 Å². The van der Waals surface area contributed by atoms with Gasteiger partial charge in [-0.05, 0) is 36.2 Å². The van der Waals surface area contributed by atoms with Gasteiger partial charge in [0.25, 0.3) is 0 Å². The molecule has 8 heteroatoms. The van der Waals surface area contributed by atoms with E-state index in [1.54, 1.807) is 25.4 Å². The third-order valence-corrected chi connectivity index (χ3v) is 4.76. The second-order valence-electron chi connectivity index (χ2n) is 6.38. The smallest absolute Gasteiger partial charge is 0.248 e. The number of hydrogen-bond donors (Lipinski definition) is 3. The second-order valence-corrected chi connectivity index (χ2v) is 6.78. The molecule has 1 saturated heterocycles. The molecule has 1 unspecified atom stereocenters. The number of nitrogens with two attached hydrogens (primary N) is 1. The van der Waals surface area contributed by atoms with E-state index in [1.165, 1.54) is 0 Å². The standard InChI is InChI=1S/C19H23ClN6O/c1-22-19(24-11-13-4-2-5-14(10-13)17(21)27)25-15-7-9-26(12-15)18-16(20)6-3-8-23-18/h2-6,8,10,15H,7,9,11-12H2,1H3,(H2,21,27)(H2,22,24,25). The Labute approximate surface area is 163 Å². The number of pyridine rings is 1. The highest BCUT2D eigenvalue weighted by Crippen LogP contribution is 2.25. The van der Waals surface area contributed by atoms with Crippen LogP contribution < -0.4 is 21.3 Å². The number of nitrogens with one attached hydrogen (secondary N) is 2. The fourth-order valence-electron chi connectivity index (χ4n) is 3.09. The lowest BCUT2D eigenvalue weighted by Gasteiger charge is -2.20. The molecule has 0 radical (unpaired) electrons. The minimum absolute atomic E-state index is 0.242. The lowest BCUT2D eigenvalue weighted by atomic mass is 10.1. The van der Waals surface area contributed by atoms with Gasteiger partial charge in [-0.15, -0.1) is 0 Å². The summed E-state index contributed by atoms with van der Waals surface area (Å²) in [7, 11) is 1.73. The maximum Gasteiger partial charge on any atom is 0.248 e. The summed E-state index contributed by atoms with van der Waals surface area (Å²) >= 11 is 6.24. The first-order valence-electron chi connectivity index (χ1n) is 8.78. The number of carbonyl (C=O) groups excluding carboxylic acids is 1. The van der Waals surface area contributed by atoms with E-state index in [2.05, 4.69) is 25.5 Å². The number of hydrogen-bond acceptors (Lipinski definition) is 4. The van der Waals surface area contributed by atoms with Crippen LogP contribution in [0.15, 0.2) is 47.6 Å². The van der Waals surface area contributed by atoms with Crippen molar-refractivity contribution in [2.75, 3.05) is 25.0 Å². The molecule has 0 aliphatic carbocycles. The summed E-state index contributed by atoms with van der Waals surface area (Å²) in [6, 6.07) is 11.2. The first kappa shape index (κ1) is 19.0. The normalized spacial score (nSPS) is 17.0. The summed E-state index contributed by atoms with van der Waals surface area (Å²) in [5, 5.41) is 7.36. The molecule has 0 spiro atoms. The Kier molecular flexibility index (Phi) is 6.13. The summed E-state index contributed by atoms with van der Waals surface area (Å²) in [4.78, 5) is 22.1. The number of rotatable bonds is 5. The predicted octanol–water partition coefficient (Wildman–Crippen LogP) is 1.78. The lowest BCUT2D eigenvalue weighted by Crippen LogP contribution is -2.44. The molecule has 3 rings (SSSR count). The first-order valence-corrected chi connectivity index (χ1v) is 9.16. The van der Waals surface area contributed by atoms with Gasteiger partial charge in [-0.25, -0.2) is 4.98 Å². The number of halogens is 1. The van der Waals surface area contributed by atoms with Crippen LogP contribution in [0.2, 0.25) is 5.02 Å². The average molecular weight is 387 g/mol. The first-order chi connectivity index (χ1) is 13.1. The van der Waals surface area contributed by atoms with E-state index in [0.717, 1.165) is 30.9 Å². The molecule has 2 heterocycles. The Hall–Kier alpha value is -2.80. The number of amides is 1. The van der Waals surface area contributed by atoms with Crippen LogP contribution in [0, 0.1) is 0 Å². The zero-order valence-corrected chi connectivity index (χ0v) is 15.9. The lowest BCUT2D eigenvalue weighted by molar-refractivity contribution is 0.1000. The maximum absolute atomic E-state index is 11.3. The number of aromatic nitrogens is 1. The molecule has 0 bridgehead atoms. The van der Waals surface area contributed by atoms with Crippen LogP contribution in [0.1, 0.15) is 22.3 Å². The van der Waals surface area contributed by atoms with E-state index in [4.69, 9.17) is 17.3 Å². The van der Waals surface area contributed by atoms with E-state index in [-0.39, 0.29) is 6.04 Å². The molecule has 27 heavy (non-hydrogen) atoms. The molecule has 1 aliphatic heterocycles. The third-order valence-electron chi connectivity index (χ3n) is 4.46. The molecule has 1 aliphatic rings. The molecule has 1 aromatic carbocycles. The minimum Gasteiger partial charge on any atom is -0.366 e. The number of carbonyl (C=O) groups is 1. The van der Waals surface area contributed by atoms with Crippen molar-refractivity contribution in [1.29, 1.82) is 0 Å². The van der Waals surface area contributed by atoms with E-state index >= 15 is 0 Å². The molecule has 1 amide bonds. The van der Waals surface area contributed by atoms with Gasteiger partial charge in [-0.2, -0.15) is 0 Å². The molecule has 0 saturated carbocycles. The van der Waals surface area contributed by atoms with Crippen molar-refractivity contribution in [1.82, 2.24) is 15.6 Å². The summed E-state index contributed by atoms with van der Waals surface area (Å²) in [6.45, 7) is 2.23. The van der Waals surface area contributed by atoms with Gasteiger partial charge in [-0.1, -0.05) is 23.7 Å². The van der Waals surface area contributed by atoms with Crippen LogP contribution in [0.4, 0.5) is 5.82 Å². The van der Waals surface area contributed by atoms with Crippen LogP contribution >= 0.6 is 11.6 Å². The fourth-order valence-corrected chi connectivity index (χ4v) is 3.33. The highest BCUT2D eigenvalue weighted by molar-refractivity contribution is 6.32. The number of aliphatic imine (C=N–C) groups is 1. The van der Waals surface area contributed by atoms with Gasteiger partial charge < -0.3 is 21.3 Å². The van der Waals surface area contributed by atoms with Crippen molar-refractivity contribution in [3.63, 3.8) is 0 Å². The van der Waals surface area contributed by atoms with Crippen molar-refractivity contribution >= 4 is 29.3 Å². The number of guanidine groups is 1. The number of anilines is 1. The zero-order chi connectivity index (χ0) is 19.2. The Morgan fingerprint density at radius 1 is 1.41 bits per heavy atom. The van der Waals surface area contributed by atoms with Gasteiger partial charge in [0.1, 0.15) is 5.82 Å². The van der Waals surface area contributed by atoms with Gasteiger partial charge in [0.2, 0.25) is 5.91 Å². The van der Waals surface area contributed by atoms with Crippen molar-refractivity contribution in [2.24, 2.45) is 10.7 Å². The Morgan fingerprint density at radius 3 is 3.00 bits per heavy atom. The van der Waals surface area contributed by atoms with Gasteiger partial charge in [-0.3, -0.25) is 9.79 Å². The molecule has 1 fully saturated rings. The topological polar surface area (TPSA) is 95.6 Å². The Balaban J connectivity index is 1.55. The van der Waals surface area contributed by atoms with Gasteiger partial charge in [0.15, 0.2) is 5.96 Å². The van der Waals surface area contributed by atoms with Gasteiger partial charge in [0, 0.05) is 44.5 Å². The van der Waals surface area contributed by atoms with Crippen LogP contribution in [0.5, 0.6) is 0 Å². The molecule has 1 atom stereocenters. The highest BCUT2D eigenvalue weighted by atomic mass is 35.5. The maximum atomic E-state index is 11.3. The van der Waals surface area contributed by atoms with Crippen LogP contribution in [0.25, 0.3) is 0 Å². The average Bonchev–Trinajstić information content (AvgIpc) is 3.14. The van der Waals surface area contributed by atoms with Crippen LogP contribution in [-0.2, 0) is 6.54 Å². The van der Waals surface area contributed by atoms with Crippen molar-refractivity contribution in [3.8, 4) is 0 Å². The molecule has 2 aromatic rings. The highest BCUT2D eigenvalue weighted by Gasteiger charge is 2.25. The van der Waals surface area contributed by atoms with Crippen LogP contribution in [0.3, 0.4) is 0 Å². The number of nitrogens with zero attached hydrogens (tertiary/aromatic N) is 3. The SMILES string of the molecule is CN=C(NCc1cccc(C(N)=O)c1)NC1CCN(c2ncccc2Cl)C1. The zero-order valence-electron chi connectivity index (χ0n) is 15.2. The monoisotopic (exact) mass is 386 g/mol. The van der Waals surface area contributed by atoms with Gasteiger partial charge in [0.05, 0.1) is 5.02 Å².